The molecule has 0 saturated carbocycles. The Morgan fingerprint density at radius 3 is 2.43 bits per heavy atom. The van der Waals surface area contributed by atoms with Crippen LogP contribution in [0.3, 0.4) is 0 Å². The van der Waals surface area contributed by atoms with Gasteiger partial charge in [-0.2, -0.15) is 4.98 Å². The van der Waals surface area contributed by atoms with Crippen molar-refractivity contribution in [3.63, 3.8) is 0 Å². The Morgan fingerprint density at radius 1 is 1.29 bits per heavy atom. The summed E-state index contributed by atoms with van der Waals surface area (Å²) in [6.45, 7) is 4.30. The van der Waals surface area contributed by atoms with Gasteiger partial charge >= 0.3 is 0 Å². The van der Waals surface area contributed by atoms with Crippen LogP contribution in [0.5, 0.6) is 0 Å². The molecule has 0 fully saturated rings. The third kappa shape index (κ3) is 3.11. The van der Waals surface area contributed by atoms with E-state index >= 15 is 0 Å². The van der Waals surface area contributed by atoms with E-state index in [1.54, 1.807) is 0 Å². The highest BCUT2D eigenvalue weighted by atomic mass is 16.5. The maximum absolute atomic E-state index is 12.4. The normalized spacial score (nSPS) is 11.4. The Kier molecular flexibility index (Phi) is 4.70. The van der Waals surface area contributed by atoms with Crippen molar-refractivity contribution in [3.8, 4) is 11.4 Å². The largest absolute Gasteiger partial charge is 0.342 e. The van der Waals surface area contributed by atoms with E-state index in [2.05, 4.69) is 15.5 Å². The topological polar surface area (TPSA) is 94.0 Å². The van der Waals surface area contributed by atoms with Crippen molar-refractivity contribution in [1.29, 1.82) is 0 Å². The van der Waals surface area contributed by atoms with Gasteiger partial charge in [-0.25, -0.2) is 0 Å². The Bertz CT molecular complexity index is 566. The molecule has 0 spiro atoms. The lowest BCUT2D eigenvalue weighted by molar-refractivity contribution is -0.125. The predicted octanol–water partition coefficient (Wildman–Crippen LogP) is 2.44. The van der Waals surface area contributed by atoms with Crippen molar-refractivity contribution in [1.82, 2.24) is 10.1 Å². The lowest BCUT2D eigenvalue weighted by Crippen LogP contribution is -2.41. The monoisotopic (exact) mass is 288 g/mol. The van der Waals surface area contributed by atoms with E-state index in [9.17, 15) is 4.79 Å². The van der Waals surface area contributed by atoms with E-state index in [1.165, 1.54) is 6.39 Å². The average molecular weight is 288 g/mol. The number of carbonyl (C=O) groups is 1. The average Bonchev–Trinajstić information content (AvgIpc) is 3.05. The lowest BCUT2D eigenvalue weighted by Gasteiger charge is -2.28. The van der Waals surface area contributed by atoms with E-state index < -0.39 is 5.41 Å². The molecule has 2 rings (SSSR count). The van der Waals surface area contributed by atoms with Crippen LogP contribution in [0.25, 0.3) is 11.4 Å². The molecular formula is C15H20N4O2. The van der Waals surface area contributed by atoms with Crippen LogP contribution in [0.2, 0.25) is 0 Å². The molecule has 0 aliphatic heterocycles. The number of amides is 1. The Morgan fingerprint density at radius 2 is 1.95 bits per heavy atom. The number of aromatic nitrogens is 2. The number of nitrogens with two attached hydrogens (primary N) is 1. The summed E-state index contributed by atoms with van der Waals surface area (Å²) in [6, 6.07) is 7.30. The number of rotatable bonds is 6. The first-order valence-corrected chi connectivity index (χ1v) is 7.03. The molecule has 0 radical (unpaired) electrons. The summed E-state index contributed by atoms with van der Waals surface area (Å²) in [6.07, 6.45) is 2.71. The minimum Gasteiger partial charge on any atom is -0.342 e. The second-order valence-electron chi connectivity index (χ2n) is 4.98. The van der Waals surface area contributed by atoms with Crippen molar-refractivity contribution < 1.29 is 9.32 Å². The molecule has 0 atom stereocenters. The van der Waals surface area contributed by atoms with Crippen LogP contribution in [-0.4, -0.2) is 22.6 Å². The van der Waals surface area contributed by atoms with Crippen molar-refractivity contribution in [2.45, 2.75) is 26.7 Å². The van der Waals surface area contributed by atoms with Crippen LogP contribution in [0.15, 0.2) is 35.2 Å². The van der Waals surface area contributed by atoms with Gasteiger partial charge in [-0.1, -0.05) is 19.0 Å². The van der Waals surface area contributed by atoms with Crippen LogP contribution in [0.1, 0.15) is 26.7 Å². The summed E-state index contributed by atoms with van der Waals surface area (Å²) in [7, 11) is 0. The second kappa shape index (κ2) is 6.49. The number of hydrogen-bond donors (Lipinski definition) is 2. The standard InChI is InChI=1S/C15H20N4O2/c1-3-15(4-2,9-16)14(20)18-12-7-5-11(6-8-12)13-17-10-21-19-13/h5-8,10H,3-4,9,16H2,1-2H3,(H,18,20). The third-order valence-electron chi connectivity index (χ3n) is 3.99. The molecule has 0 saturated heterocycles. The fourth-order valence-electron chi connectivity index (χ4n) is 2.22. The number of nitrogens with one attached hydrogen (secondary N) is 1. The molecular weight excluding hydrogens is 268 g/mol. The van der Waals surface area contributed by atoms with Crippen LogP contribution in [0.4, 0.5) is 5.69 Å². The number of anilines is 1. The van der Waals surface area contributed by atoms with Gasteiger partial charge in [-0.15, -0.1) is 0 Å². The number of hydrogen-bond acceptors (Lipinski definition) is 5. The minimum absolute atomic E-state index is 0.0395. The molecule has 2 aromatic rings. The molecule has 0 unspecified atom stereocenters. The van der Waals surface area contributed by atoms with E-state index in [4.69, 9.17) is 10.3 Å². The summed E-state index contributed by atoms with van der Waals surface area (Å²) in [4.78, 5) is 16.4. The maximum Gasteiger partial charge on any atom is 0.231 e. The van der Waals surface area contributed by atoms with E-state index in [0.717, 1.165) is 11.3 Å². The minimum atomic E-state index is -0.508. The van der Waals surface area contributed by atoms with Crippen molar-refractivity contribution in [2.24, 2.45) is 11.1 Å². The first-order chi connectivity index (χ1) is 10.1. The summed E-state index contributed by atoms with van der Waals surface area (Å²) in [5.41, 5.74) is 6.84. The summed E-state index contributed by atoms with van der Waals surface area (Å²) >= 11 is 0. The number of benzene rings is 1. The quantitative estimate of drug-likeness (QED) is 0.851. The van der Waals surface area contributed by atoms with Crippen molar-refractivity contribution in [2.75, 3.05) is 11.9 Å². The van der Waals surface area contributed by atoms with Crippen molar-refractivity contribution >= 4 is 11.6 Å². The molecule has 6 nitrogen and oxygen atoms in total. The predicted molar refractivity (Wildman–Crippen MR) is 80.4 cm³/mol. The zero-order valence-electron chi connectivity index (χ0n) is 12.3. The summed E-state index contributed by atoms with van der Waals surface area (Å²) in [5.74, 6) is 0.480. The first-order valence-electron chi connectivity index (χ1n) is 7.03. The van der Waals surface area contributed by atoms with E-state index in [-0.39, 0.29) is 5.91 Å². The molecule has 3 N–H and O–H groups in total. The molecule has 0 aliphatic rings. The molecule has 1 heterocycles. The van der Waals surface area contributed by atoms with E-state index in [0.29, 0.717) is 25.2 Å². The molecule has 6 heteroatoms. The molecule has 21 heavy (non-hydrogen) atoms. The van der Waals surface area contributed by atoms with Gasteiger partial charge in [0.2, 0.25) is 18.1 Å². The maximum atomic E-state index is 12.4. The van der Waals surface area contributed by atoms with E-state index in [1.807, 2.05) is 38.1 Å². The van der Waals surface area contributed by atoms with Crippen molar-refractivity contribution in [3.05, 3.63) is 30.7 Å². The van der Waals surface area contributed by atoms with Gasteiger partial charge in [0.1, 0.15) is 0 Å². The van der Waals surface area contributed by atoms with Gasteiger partial charge in [-0.05, 0) is 37.1 Å². The van der Waals surface area contributed by atoms with Crippen LogP contribution >= 0.6 is 0 Å². The first kappa shape index (κ1) is 15.2. The fraction of sp³-hybridized carbons (Fsp3) is 0.400. The van der Waals surface area contributed by atoms with Gasteiger partial charge in [0, 0.05) is 17.8 Å². The SMILES string of the molecule is CCC(CC)(CN)C(=O)Nc1ccc(-c2ncon2)cc1. The molecule has 1 aromatic heterocycles. The number of carbonyl (C=O) groups excluding carboxylic acids is 1. The highest BCUT2D eigenvalue weighted by Gasteiger charge is 2.33. The molecule has 1 aromatic carbocycles. The smallest absolute Gasteiger partial charge is 0.231 e. The van der Waals surface area contributed by atoms with Gasteiger partial charge in [-0.3, -0.25) is 4.79 Å². The van der Waals surface area contributed by atoms with Gasteiger partial charge in [0.15, 0.2) is 0 Å². The molecule has 1 amide bonds. The van der Waals surface area contributed by atoms with Crippen LogP contribution in [-0.2, 0) is 4.79 Å². The lowest BCUT2D eigenvalue weighted by atomic mass is 9.81. The summed E-state index contributed by atoms with van der Waals surface area (Å²) < 4.78 is 4.71. The van der Waals surface area contributed by atoms with Crippen LogP contribution in [0, 0.1) is 5.41 Å². The summed E-state index contributed by atoms with van der Waals surface area (Å²) in [5, 5.41) is 6.69. The zero-order chi connectivity index (χ0) is 15.3. The van der Waals surface area contributed by atoms with Gasteiger partial charge in [0.05, 0.1) is 5.41 Å². The Hall–Kier alpha value is -2.21. The molecule has 112 valence electrons. The van der Waals surface area contributed by atoms with Gasteiger partial charge in [0.25, 0.3) is 0 Å². The van der Waals surface area contributed by atoms with Gasteiger partial charge < -0.3 is 15.6 Å². The second-order valence-corrected chi connectivity index (χ2v) is 4.98. The third-order valence-corrected chi connectivity index (χ3v) is 3.99. The fourth-order valence-corrected chi connectivity index (χ4v) is 2.22. The highest BCUT2D eigenvalue weighted by Crippen LogP contribution is 2.27. The highest BCUT2D eigenvalue weighted by molar-refractivity contribution is 5.95. The van der Waals surface area contributed by atoms with Crippen LogP contribution < -0.4 is 11.1 Å². The number of nitrogens with zero attached hydrogens (tertiary/aromatic N) is 2. The Balaban J connectivity index is 2.11. The molecule has 0 bridgehead atoms. The molecule has 0 aliphatic carbocycles. The zero-order valence-corrected chi connectivity index (χ0v) is 12.3. The Labute approximate surface area is 123 Å².